The lowest BCUT2D eigenvalue weighted by Gasteiger charge is -2.35. The van der Waals surface area contributed by atoms with Gasteiger partial charge in [0.15, 0.2) is 11.6 Å². The molecule has 0 aliphatic carbocycles. The van der Waals surface area contributed by atoms with E-state index in [1.807, 2.05) is 24.4 Å². The minimum atomic E-state index is 0.743. The van der Waals surface area contributed by atoms with Crippen molar-refractivity contribution in [2.75, 3.05) is 44.2 Å². The van der Waals surface area contributed by atoms with Crippen molar-refractivity contribution in [3.8, 4) is 11.6 Å². The largest absolute Gasteiger partial charge is 0.493 e. The van der Waals surface area contributed by atoms with Gasteiger partial charge in [0.2, 0.25) is 0 Å². The fourth-order valence-electron chi connectivity index (χ4n) is 3.90. The second-order valence-electron chi connectivity index (χ2n) is 7.32. The van der Waals surface area contributed by atoms with Gasteiger partial charge < -0.3 is 9.64 Å². The normalized spacial score (nSPS) is 16.8. The van der Waals surface area contributed by atoms with E-state index in [9.17, 15) is 0 Å². The van der Waals surface area contributed by atoms with Crippen LogP contribution in [0.15, 0.2) is 48.8 Å². The molecule has 0 amide bonds. The predicted molar refractivity (Wildman–Crippen MR) is 107 cm³/mol. The van der Waals surface area contributed by atoms with Crippen LogP contribution in [0.1, 0.15) is 11.1 Å². The van der Waals surface area contributed by atoms with Crippen molar-refractivity contribution in [2.24, 2.45) is 0 Å². The quantitative estimate of drug-likeness (QED) is 0.679. The van der Waals surface area contributed by atoms with Gasteiger partial charge in [0.05, 0.1) is 6.61 Å². The molecule has 7 heteroatoms. The summed E-state index contributed by atoms with van der Waals surface area (Å²) in [6.07, 6.45) is 5.75. The zero-order chi connectivity index (χ0) is 18.8. The van der Waals surface area contributed by atoms with Crippen LogP contribution in [-0.4, -0.2) is 64.2 Å². The Bertz CT molecular complexity index is 917. The molecule has 2 aliphatic rings. The highest BCUT2D eigenvalue weighted by Gasteiger charge is 2.19. The van der Waals surface area contributed by atoms with Gasteiger partial charge >= 0.3 is 0 Å². The molecule has 7 nitrogen and oxygen atoms in total. The first kappa shape index (κ1) is 17.2. The second kappa shape index (κ2) is 7.59. The van der Waals surface area contributed by atoms with Crippen LogP contribution >= 0.6 is 0 Å². The molecule has 2 aromatic heterocycles. The van der Waals surface area contributed by atoms with Crippen LogP contribution in [0.25, 0.3) is 5.82 Å². The summed E-state index contributed by atoms with van der Waals surface area (Å²) in [5.74, 6) is 2.75. The minimum Gasteiger partial charge on any atom is -0.493 e. The van der Waals surface area contributed by atoms with Crippen molar-refractivity contribution in [2.45, 2.75) is 12.8 Å². The number of hydrogen-bond acceptors (Lipinski definition) is 6. The number of piperazine rings is 1. The van der Waals surface area contributed by atoms with E-state index in [1.54, 1.807) is 10.9 Å². The summed E-state index contributed by atoms with van der Waals surface area (Å²) in [6.45, 7) is 5.99. The van der Waals surface area contributed by atoms with Crippen LogP contribution in [0, 0.1) is 0 Å². The van der Waals surface area contributed by atoms with Crippen LogP contribution in [0.2, 0.25) is 0 Å². The molecule has 0 N–H and O–H groups in total. The maximum Gasteiger partial charge on any atom is 0.175 e. The van der Waals surface area contributed by atoms with E-state index in [-0.39, 0.29) is 0 Å². The van der Waals surface area contributed by atoms with E-state index < -0.39 is 0 Å². The van der Waals surface area contributed by atoms with Gasteiger partial charge in [-0.15, -0.1) is 10.2 Å². The Morgan fingerprint density at radius 3 is 2.61 bits per heavy atom. The standard InChI is InChI=1S/C21H24N6O/c1-8-22-27(9-1)21-5-4-20(23-24-21)26-13-11-25(12-14-26)10-6-17-2-3-19-18(16-17)7-15-28-19/h1-5,8-9,16H,6-7,10-15H2. The highest BCUT2D eigenvalue weighted by atomic mass is 16.5. The van der Waals surface area contributed by atoms with Gasteiger partial charge in [0.1, 0.15) is 5.75 Å². The summed E-state index contributed by atoms with van der Waals surface area (Å²) in [5.41, 5.74) is 2.77. The lowest BCUT2D eigenvalue weighted by atomic mass is 10.1. The molecule has 144 valence electrons. The van der Waals surface area contributed by atoms with Crippen LogP contribution < -0.4 is 9.64 Å². The third-order valence-electron chi connectivity index (χ3n) is 5.54. The van der Waals surface area contributed by atoms with Crippen molar-refractivity contribution >= 4 is 5.82 Å². The average molecular weight is 376 g/mol. The number of hydrogen-bond donors (Lipinski definition) is 0. The summed E-state index contributed by atoms with van der Waals surface area (Å²) < 4.78 is 7.32. The van der Waals surface area contributed by atoms with E-state index in [1.165, 1.54) is 11.1 Å². The smallest absolute Gasteiger partial charge is 0.175 e. The Hall–Kier alpha value is -2.93. The molecule has 3 aromatic rings. The fraction of sp³-hybridized carbons (Fsp3) is 0.381. The van der Waals surface area contributed by atoms with Crippen molar-refractivity contribution in [3.63, 3.8) is 0 Å². The van der Waals surface area contributed by atoms with Gasteiger partial charge in [-0.05, 0) is 41.8 Å². The number of nitrogens with zero attached hydrogens (tertiary/aromatic N) is 6. The molecule has 0 spiro atoms. The molecule has 1 aromatic carbocycles. The molecule has 1 fully saturated rings. The maximum atomic E-state index is 5.60. The Labute approximate surface area is 164 Å². The summed E-state index contributed by atoms with van der Waals surface area (Å²) in [4.78, 5) is 4.84. The van der Waals surface area contributed by atoms with Gasteiger partial charge in [0.25, 0.3) is 0 Å². The predicted octanol–water partition coefficient (Wildman–Crippen LogP) is 1.96. The number of aromatic nitrogens is 4. The molecular weight excluding hydrogens is 352 g/mol. The van der Waals surface area contributed by atoms with Crippen LogP contribution in [-0.2, 0) is 12.8 Å². The highest BCUT2D eigenvalue weighted by molar-refractivity contribution is 5.41. The number of ether oxygens (including phenoxy) is 1. The first-order valence-electron chi connectivity index (χ1n) is 9.91. The van der Waals surface area contributed by atoms with Crippen molar-refractivity contribution in [3.05, 3.63) is 59.9 Å². The highest BCUT2D eigenvalue weighted by Crippen LogP contribution is 2.26. The Morgan fingerprint density at radius 2 is 1.82 bits per heavy atom. The summed E-state index contributed by atoms with van der Waals surface area (Å²) in [6, 6.07) is 12.5. The Morgan fingerprint density at radius 1 is 0.964 bits per heavy atom. The number of anilines is 1. The molecule has 0 bridgehead atoms. The summed E-state index contributed by atoms with van der Waals surface area (Å²) in [7, 11) is 0. The number of fused-ring (bicyclic) bond motifs is 1. The molecular formula is C21H24N6O. The van der Waals surface area contributed by atoms with Crippen molar-refractivity contribution in [1.29, 1.82) is 0 Å². The van der Waals surface area contributed by atoms with E-state index in [2.05, 4.69) is 43.3 Å². The monoisotopic (exact) mass is 376 g/mol. The molecule has 2 aliphatic heterocycles. The van der Waals surface area contributed by atoms with Crippen LogP contribution in [0.4, 0.5) is 5.82 Å². The summed E-state index contributed by atoms with van der Waals surface area (Å²) in [5, 5.41) is 12.9. The molecule has 0 atom stereocenters. The molecule has 5 rings (SSSR count). The zero-order valence-electron chi connectivity index (χ0n) is 15.9. The average Bonchev–Trinajstić information content (AvgIpc) is 3.44. The molecule has 28 heavy (non-hydrogen) atoms. The van der Waals surface area contributed by atoms with E-state index in [0.717, 1.165) is 69.6 Å². The first-order chi connectivity index (χ1) is 13.8. The number of rotatable bonds is 5. The molecule has 4 heterocycles. The van der Waals surface area contributed by atoms with E-state index in [4.69, 9.17) is 4.74 Å². The van der Waals surface area contributed by atoms with Gasteiger partial charge in [-0.25, -0.2) is 4.68 Å². The maximum absolute atomic E-state index is 5.60. The van der Waals surface area contributed by atoms with Gasteiger partial charge in [0, 0.05) is 51.5 Å². The van der Waals surface area contributed by atoms with E-state index >= 15 is 0 Å². The van der Waals surface area contributed by atoms with Crippen molar-refractivity contribution < 1.29 is 4.74 Å². The van der Waals surface area contributed by atoms with E-state index in [0.29, 0.717) is 0 Å². The second-order valence-corrected chi connectivity index (χ2v) is 7.32. The molecule has 0 saturated carbocycles. The fourth-order valence-corrected chi connectivity index (χ4v) is 3.90. The number of benzene rings is 1. The molecule has 1 saturated heterocycles. The topological polar surface area (TPSA) is 59.3 Å². The Balaban J connectivity index is 1.13. The minimum absolute atomic E-state index is 0.743. The molecule has 0 radical (unpaired) electrons. The van der Waals surface area contributed by atoms with Gasteiger partial charge in [-0.2, -0.15) is 5.10 Å². The summed E-state index contributed by atoms with van der Waals surface area (Å²) >= 11 is 0. The lowest BCUT2D eigenvalue weighted by Crippen LogP contribution is -2.47. The molecule has 0 unspecified atom stereocenters. The first-order valence-corrected chi connectivity index (χ1v) is 9.91. The Kier molecular flexibility index (Phi) is 4.66. The van der Waals surface area contributed by atoms with Crippen molar-refractivity contribution in [1.82, 2.24) is 24.9 Å². The third kappa shape index (κ3) is 3.57. The van der Waals surface area contributed by atoms with Crippen LogP contribution in [0.3, 0.4) is 0 Å². The third-order valence-corrected chi connectivity index (χ3v) is 5.54. The lowest BCUT2D eigenvalue weighted by molar-refractivity contribution is 0.260. The van der Waals surface area contributed by atoms with Gasteiger partial charge in [-0.1, -0.05) is 12.1 Å². The van der Waals surface area contributed by atoms with Crippen LogP contribution in [0.5, 0.6) is 5.75 Å². The SMILES string of the molecule is c1cnn(-c2ccc(N3CCN(CCc4ccc5c(c4)CCO5)CC3)nn2)c1. The zero-order valence-corrected chi connectivity index (χ0v) is 15.9. The van der Waals surface area contributed by atoms with Gasteiger partial charge in [-0.3, -0.25) is 4.90 Å².